The second kappa shape index (κ2) is 7.36. The van der Waals surface area contributed by atoms with Gasteiger partial charge in [0.25, 0.3) is 0 Å². The molecule has 29 heavy (non-hydrogen) atoms. The van der Waals surface area contributed by atoms with Crippen molar-refractivity contribution < 1.29 is 56.9 Å². The second-order valence-corrected chi connectivity index (χ2v) is 8.85. The van der Waals surface area contributed by atoms with E-state index in [1.165, 1.54) is 0 Å². The maximum atomic E-state index is 13.3. The van der Waals surface area contributed by atoms with Crippen LogP contribution in [0.2, 0.25) is 0 Å². The van der Waals surface area contributed by atoms with Gasteiger partial charge in [0.15, 0.2) is 23.3 Å². The van der Waals surface area contributed by atoms with E-state index in [4.69, 9.17) is 13.0 Å². The van der Waals surface area contributed by atoms with Crippen molar-refractivity contribution in [1.82, 2.24) is 0 Å². The minimum Gasteiger partial charge on any atom is -0.279 e. The van der Waals surface area contributed by atoms with Gasteiger partial charge in [-0.25, -0.2) is 17.6 Å². The number of halogens is 10. The van der Waals surface area contributed by atoms with Gasteiger partial charge in [-0.05, 0) is 35.4 Å². The molecule has 15 heteroatoms. The normalized spacial score (nSPS) is 14.8. The zero-order valence-corrected chi connectivity index (χ0v) is 14.9. The van der Waals surface area contributed by atoms with Gasteiger partial charge >= 0.3 is 21.1 Å². The molecule has 1 aliphatic heterocycles. The lowest BCUT2D eigenvalue weighted by atomic mass is 10.1. The quantitative estimate of drug-likeness (QED) is 0.227. The second-order valence-electron chi connectivity index (χ2n) is 5.29. The predicted molar refractivity (Wildman–Crippen MR) is 80.9 cm³/mol. The Kier molecular flexibility index (Phi) is 5.91. The molecule has 0 fully saturated rings. The molecule has 2 aromatic rings. The highest BCUT2D eigenvalue weighted by molar-refractivity contribution is 8.18. The van der Waals surface area contributed by atoms with Crippen LogP contribution in [-0.2, 0) is 10.1 Å². The van der Waals surface area contributed by atoms with Crippen LogP contribution >= 0.6 is 10.9 Å². The summed E-state index contributed by atoms with van der Waals surface area (Å²) in [7, 11) is -8.93. The van der Waals surface area contributed by atoms with E-state index in [9.17, 15) is 43.9 Å². The van der Waals surface area contributed by atoms with Crippen LogP contribution < -0.4 is 0 Å². The fourth-order valence-corrected chi connectivity index (χ4v) is 4.42. The summed E-state index contributed by atoms with van der Waals surface area (Å²) in [6.07, 6.45) is 0. The van der Waals surface area contributed by atoms with Crippen LogP contribution in [-0.4, -0.2) is 24.0 Å². The highest BCUT2D eigenvalue weighted by Gasteiger charge is 2.46. The van der Waals surface area contributed by atoms with E-state index in [1.54, 1.807) is 0 Å². The Morgan fingerprint density at radius 3 is 1.21 bits per heavy atom. The van der Waals surface area contributed by atoms with Crippen LogP contribution in [0.4, 0.5) is 43.9 Å². The molecule has 2 aromatic carbocycles. The van der Waals surface area contributed by atoms with Gasteiger partial charge < -0.3 is 0 Å². The van der Waals surface area contributed by atoms with E-state index in [2.05, 4.69) is 0 Å². The smallest absolute Gasteiger partial charge is 0.279 e. The third-order valence-electron chi connectivity index (χ3n) is 3.40. The van der Waals surface area contributed by atoms with Crippen LogP contribution in [0.25, 0.3) is 11.1 Å². The SMILES string of the molecule is Fc1cc2c(cc1F)[SH](C(F)(F)F)c1cc(F)c(F)cc1-2.O=S(=O)(O)C(F)(F)F. The summed E-state index contributed by atoms with van der Waals surface area (Å²) in [5, 5.41) is 0. The standard InChI is InChI=1S/C13H5F7S.CHF3O3S/c14-7-1-5-6-2-8(15)10(17)4-12(6)21(13(18,19)20)11(5)3-9(7)16;2-1(3,4)8(5,6)7/h1-4,21H;(H,5,6,7). The molecule has 0 radical (unpaired) electrons. The van der Waals surface area contributed by atoms with Gasteiger partial charge in [-0.3, -0.25) is 4.55 Å². The fraction of sp³-hybridized carbons (Fsp3) is 0.143. The summed E-state index contributed by atoms with van der Waals surface area (Å²) in [5.74, 6) is -5.55. The number of hydrogen-bond acceptors (Lipinski definition) is 2. The van der Waals surface area contributed by atoms with E-state index in [-0.39, 0.29) is 11.1 Å². The molecular weight excluding hydrogens is 470 g/mol. The summed E-state index contributed by atoms with van der Waals surface area (Å²) in [4.78, 5) is -0.979. The average molecular weight is 476 g/mol. The Labute approximate surface area is 158 Å². The summed E-state index contributed by atoms with van der Waals surface area (Å²) >= 11 is 0. The minimum absolute atomic E-state index is 0.258. The molecule has 162 valence electrons. The molecule has 1 heterocycles. The van der Waals surface area contributed by atoms with Crippen molar-refractivity contribution >= 4 is 21.0 Å². The Bertz CT molecular complexity index is 1000. The molecule has 0 atom stereocenters. The maximum Gasteiger partial charge on any atom is 0.522 e. The molecule has 0 saturated heterocycles. The molecule has 3 rings (SSSR count). The van der Waals surface area contributed by atoms with Gasteiger partial charge in [-0.15, -0.1) is 10.9 Å². The van der Waals surface area contributed by atoms with Crippen LogP contribution in [0.5, 0.6) is 0 Å². The van der Waals surface area contributed by atoms with E-state index < -0.39 is 65.1 Å². The Morgan fingerprint density at radius 2 is 0.966 bits per heavy atom. The Morgan fingerprint density at radius 1 is 0.690 bits per heavy atom. The highest BCUT2D eigenvalue weighted by atomic mass is 32.2. The van der Waals surface area contributed by atoms with E-state index in [1.807, 2.05) is 0 Å². The van der Waals surface area contributed by atoms with Gasteiger partial charge in [0.1, 0.15) is 0 Å². The summed E-state index contributed by atoms with van der Waals surface area (Å²) < 4.78 is 150. The third kappa shape index (κ3) is 4.61. The van der Waals surface area contributed by atoms with E-state index in [0.717, 1.165) is 0 Å². The first-order valence-corrected chi connectivity index (χ1v) is 9.62. The zero-order valence-electron chi connectivity index (χ0n) is 13.2. The first-order chi connectivity index (χ1) is 12.9. The molecule has 0 saturated carbocycles. The van der Waals surface area contributed by atoms with Gasteiger partial charge in [0, 0.05) is 9.79 Å². The summed E-state index contributed by atoms with van der Waals surface area (Å²) in [6, 6.07) is 2.04. The number of hydrogen-bond donors (Lipinski definition) is 2. The number of fused-ring (bicyclic) bond motifs is 3. The average Bonchev–Trinajstić information content (AvgIpc) is 2.80. The third-order valence-corrected chi connectivity index (χ3v) is 6.19. The molecular formula is C14H6F10O3S2. The number of rotatable bonds is 0. The Balaban J connectivity index is 0.000000321. The zero-order chi connectivity index (χ0) is 22.5. The van der Waals surface area contributed by atoms with Crippen molar-refractivity contribution in [3.05, 3.63) is 47.5 Å². The Hall–Kier alpha value is -2.00. The van der Waals surface area contributed by atoms with Crippen molar-refractivity contribution in [2.45, 2.75) is 20.8 Å². The molecule has 1 N–H and O–H groups in total. The van der Waals surface area contributed by atoms with Crippen LogP contribution in [0.3, 0.4) is 0 Å². The summed E-state index contributed by atoms with van der Waals surface area (Å²) in [5.41, 5.74) is -10.8. The van der Waals surface area contributed by atoms with Crippen molar-refractivity contribution in [3.63, 3.8) is 0 Å². The van der Waals surface area contributed by atoms with E-state index in [0.29, 0.717) is 24.3 Å². The molecule has 0 unspecified atom stereocenters. The number of thiol groups is 1. The number of alkyl halides is 6. The molecule has 0 spiro atoms. The predicted octanol–water partition coefficient (Wildman–Crippen LogP) is 5.56. The molecule has 0 aliphatic carbocycles. The maximum absolute atomic E-state index is 13.3. The molecule has 0 aromatic heterocycles. The lowest BCUT2D eigenvalue weighted by molar-refractivity contribution is -0.0510. The fourth-order valence-electron chi connectivity index (χ4n) is 2.28. The first kappa shape index (κ1) is 23.3. The first-order valence-electron chi connectivity index (χ1n) is 6.84. The topological polar surface area (TPSA) is 54.4 Å². The van der Waals surface area contributed by atoms with E-state index >= 15 is 0 Å². The van der Waals surface area contributed by atoms with Gasteiger partial charge in [0.05, 0.1) is 0 Å². The van der Waals surface area contributed by atoms with Crippen molar-refractivity contribution in [2.75, 3.05) is 0 Å². The van der Waals surface area contributed by atoms with Crippen LogP contribution in [0.1, 0.15) is 0 Å². The monoisotopic (exact) mass is 476 g/mol. The molecule has 0 amide bonds. The van der Waals surface area contributed by atoms with Crippen molar-refractivity contribution in [3.8, 4) is 11.1 Å². The summed E-state index contributed by atoms with van der Waals surface area (Å²) in [6.45, 7) is 0. The van der Waals surface area contributed by atoms with Crippen LogP contribution in [0, 0.1) is 23.3 Å². The van der Waals surface area contributed by atoms with Gasteiger partial charge in [0.2, 0.25) is 0 Å². The van der Waals surface area contributed by atoms with Gasteiger partial charge in [-0.2, -0.15) is 34.8 Å². The van der Waals surface area contributed by atoms with Gasteiger partial charge in [-0.1, -0.05) is 0 Å². The molecule has 0 bridgehead atoms. The van der Waals surface area contributed by atoms with Crippen molar-refractivity contribution in [2.24, 2.45) is 0 Å². The highest BCUT2D eigenvalue weighted by Crippen LogP contribution is 2.66. The number of benzene rings is 2. The van der Waals surface area contributed by atoms with Crippen LogP contribution in [0.15, 0.2) is 34.1 Å². The van der Waals surface area contributed by atoms with Crippen molar-refractivity contribution in [1.29, 1.82) is 0 Å². The largest absolute Gasteiger partial charge is 0.522 e. The molecule has 3 nitrogen and oxygen atoms in total. The minimum atomic E-state index is -5.84. The molecule has 1 aliphatic rings. The lowest BCUT2D eigenvalue weighted by Gasteiger charge is -2.21. The lowest BCUT2D eigenvalue weighted by Crippen LogP contribution is -2.21.